The van der Waals surface area contributed by atoms with Crippen LogP contribution in [0.1, 0.15) is 31.9 Å². The predicted molar refractivity (Wildman–Crippen MR) is 154 cm³/mol. The molecule has 0 aliphatic rings. The average Bonchev–Trinajstić information content (AvgIpc) is 2.90. The molecule has 0 saturated heterocycles. The fourth-order valence-electron chi connectivity index (χ4n) is 3.86. The van der Waals surface area contributed by atoms with Gasteiger partial charge in [0.2, 0.25) is 11.8 Å². The van der Waals surface area contributed by atoms with Gasteiger partial charge in [0.05, 0.1) is 10.6 Å². The number of amides is 2. The van der Waals surface area contributed by atoms with E-state index in [1.165, 1.54) is 17.0 Å². The zero-order valence-electron chi connectivity index (χ0n) is 22.1. The van der Waals surface area contributed by atoms with Crippen molar-refractivity contribution < 1.29 is 18.0 Å². The van der Waals surface area contributed by atoms with E-state index in [0.717, 1.165) is 19.9 Å². The van der Waals surface area contributed by atoms with E-state index in [4.69, 9.17) is 0 Å². The van der Waals surface area contributed by atoms with Gasteiger partial charge >= 0.3 is 0 Å². The van der Waals surface area contributed by atoms with E-state index in [9.17, 15) is 18.0 Å². The van der Waals surface area contributed by atoms with E-state index in [0.29, 0.717) is 12.2 Å². The second-order valence-corrected chi connectivity index (χ2v) is 12.3. The van der Waals surface area contributed by atoms with Gasteiger partial charge < -0.3 is 10.2 Å². The van der Waals surface area contributed by atoms with Gasteiger partial charge in [0, 0.05) is 17.6 Å². The number of benzene rings is 3. The fourth-order valence-corrected chi connectivity index (χ4v) is 5.56. The maximum Gasteiger partial charge on any atom is 0.264 e. The van der Waals surface area contributed by atoms with Crippen LogP contribution in [0.4, 0.5) is 5.69 Å². The van der Waals surface area contributed by atoms with Crippen molar-refractivity contribution in [3.63, 3.8) is 0 Å². The Morgan fingerprint density at radius 3 is 2.11 bits per heavy atom. The van der Waals surface area contributed by atoms with Crippen LogP contribution in [0, 0.1) is 12.8 Å². The standard InChI is InChI=1S/C29H34BrN3O4S/c1-21(2)18-31-29(35)23(4)32(19-24-11-9-8-10-22(24)3)28(34)20-33(26-16-14-25(30)15-17-26)38(36,37)27-12-6-5-7-13-27/h5-17,21,23H,18-20H2,1-4H3,(H,31,35). The van der Waals surface area contributed by atoms with Gasteiger partial charge in [0.15, 0.2) is 0 Å². The van der Waals surface area contributed by atoms with Gasteiger partial charge in [-0.05, 0) is 67.3 Å². The summed E-state index contributed by atoms with van der Waals surface area (Å²) in [7, 11) is -4.07. The molecular formula is C29H34BrN3O4S. The second kappa shape index (κ2) is 13.1. The predicted octanol–water partition coefficient (Wildman–Crippen LogP) is 5.14. The summed E-state index contributed by atoms with van der Waals surface area (Å²) in [4.78, 5) is 28.5. The van der Waals surface area contributed by atoms with E-state index in [1.807, 2.05) is 45.0 Å². The smallest absolute Gasteiger partial charge is 0.264 e. The van der Waals surface area contributed by atoms with Crippen LogP contribution in [0.3, 0.4) is 0 Å². The third kappa shape index (κ3) is 7.45. The first-order chi connectivity index (χ1) is 18.0. The van der Waals surface area contributed by atoms with Gasteiger partial charge in [-0.2, -0.15) is 0 Å². The molecule has 0 radical (unpaired) electrons. The highest BCUT2D eigenvalue weighted by Crippen LogP contribution is 2.26. The van der Waals surface area contributed by atoms with Crippen LogP contribution in [-0.4, -0.2) is 44.3 Å². The van der Waals surface area contributed by atoms with E-state index in [1.54, 1.807) is 49.4 Å². The first kappa shape index (κ1) is 29.4. The highest BCUT2D eigenvalue weighted by molar-refractivity contribution is 9.10. The first-order valence-electron chi connectivity index (χ1n) is 12.5. The molecule has 3 rings (SSSR count). The quantitative estimate of drug-likeness (QED) is 0.330. The molecule has 0 aliphatic carbocycles. The molecule has 0 bridgehead atoms. The van der Waals surface area contributed by atoms with Crippen molar-refractivity contribution in [3.8, 4) is 0 Å². The van der Waals surface area contributed by atoms with Crippen molar-refractivity contribution in [2.24, 2.45) is 5.92 Å². The summed E-state index contributed by atoms with van der Waals surface area (Å²) in [5.41, 5.74) is 2.20. The van der Waals surface area contributed by atoms with E-state index in [2.05, 4.69) is 21.2 Å². The third-order valence-electron chi connectivity index (χ3n) is 6.18. The Hall–Kier alpha value is -3.17. The Bertz CT molecular complexity index is 1350. The largest absolute Gasteiger partial charge is 0.354 e. The minimum Gasteiger partial charge on any atom is -0.354 e. The molecule has 7 nitrogen and oxygen atoms in total. The lowest BCUT2D eigenvalue weighted by atomic mass is 10.1. The van der Waals surface area contributed by atoms with Crippen LogP contribution < -0.4 is 9.62 Å². The Kier molecular flexibility index (Phi) is 10.1. The van der Waals surface area contributed by atoms with Crippen LogP contribution in [0.2, 0.25) is 0 Å². The molecular weight excluding hydrogens is 566 g/mol. The summed E-state index contributed by atoms with van der Waals surface area (Å²) in [6, 6.07) is 21.6. The van der Waals surface area contributed by atoms with Crippen LogP contribution in [0.25, 0.3) is 0 Å². The van der Waals surface area contributed by atoms with Gasteiger partial charge in [0.25, 0.3) is 10.0 Å². The summed E-state index contributed by atoms with van der Waals surface area (Å²) in [6.45, 7) is 7.77. The number of aryl methyl sites for hydroxylation is 1. The van der Waals surface area contributed by atoms with Crippen LogP contribution in [0.5, 0.6) is 0 Å². The van der Waals surface area contributed by atoms with E-state index >= 15 is 0 Å². The molecule has 38 heavy (non-hydrogen) atoms. The highest BCUT2D eigenvalue weighted by Gasteiger charge is 2.32. The topological polar surface area (TPSA) is 86.8 Å². The van der Waals surface area contributed by atoms with Crippen molar-refractivity contribution >= 4 is 43.5 Å². The number of carbonyl (C=O) groups excluding carboxylic acids is 2. The van der Waals surface area contributed by atoms with Crippen LogP contribution >= 0.6 is 15.9 Å². The Morgan fingerprint density at radius 2 is 1.50 bits per heavy atom. The number of rotatable bonds is 11. The van der Waals surface area contributed by atoms with E-state index < -0.39 is 28.5 Å². The number of carbonyl (C=O) groups is 2. The number of halogens is 1. The molecule has 202 valence electrons. The lowest BCUT2D eigenvalue weighted by Crippen LogP contribution is -2.51. The lowest BCUT2D eigenvalue weighted by Gasteiger charge is -2.32. The SMILES string of the molecule is Cc1ccccc1CN(C(=O)CN(c1ccc(Br)cc1)S(=O)(=O)c1ccccc1)C(C)C(=O)NCC(C)C. The molecule has 0 saturated carbocycles. The summed E-state index contributed by atoms with van der Waals surface area (Å²) < 4.78 is 29.3. The number of hydrogen-bond acceptors (Lipinski definition) is 4. The van der Waals surface area contributed by atoms with E-state index in [-0.39, 0.29) is 23.3 Å². The van der Waals surface area contributed by atoms with Gasteiger partial charge in [-0.1, -0.05) is 72.2 Å². The Balaban J connectivity index is 2.00. The number of nitrogens with zero attached hydrogens (tertiary/aromatic N) is 2. The molecule has 1 N–H and O–H groups in total. The Labute approximate surface area is 234 Å². The van der Waals surface area contributed by atoms with Crippen molar-refractivity contribution in [1.82, 2.24) is 10.2 Å². The summed E-state index contributed by atoms with van der Waals surface area (Å²) in [6.07, 6.45) is 0. The zero-order valence-corrected chi connectivity index (χ0v) is 24.5. The van der Waals surface area contributed by atoms with Gasteiger partial charge in [-0.15, -0.1) is 0 Å². The minimum absolute atomic E-state index is 0.0731. The maximum absolute atomic E-state index is 13.9. The first-order valence-corrected chi connectivity index (χ1v) is 14.7. The average molecular weight is 601 g/mol. The summed E-state index contributed by atoms with van der Waals surface area (Å²) >= 11 is 3.38. The van der Waals surface area contributed by atoms with Gasteiger partial charge in [-0.25, -0.2) is 8.42 Å². The molecule has 9 heteroatoms. The molecule has 0 spiro atoms. The van der Waals surface area contributed by atoms with Gasteiger partial charge in [0.1, 0.15) is 12.6 Å². The molecule has 2 amide bonds. The van der Waals surface area contributed by atoms with Crippen LogP contribution in [-0.2, 0) is 26.2 Å². The molecule has 0 aromatic heterocycles. The number of nitrogens with one attached hydrogen (secondary N) is 1. The summed E-state index contributed by atoms with van der Waals surface area (Å²) in [5, 5.41) is 2.90. The lowest BCUT2D eigenvalue weighted by molar-refractivity contribution is -0.139. The highest BCUT2D eigenvalue weighted by atomic mass is 79.9. The normalized spacial score (nSPS) is 12.2. The minimum atomic E-state index is -4.07. The Morgan fingerprint density at radius 1 is 0.895 bits per heavy atom. The molecule has 1 atom stereocenters. The van der Waals surface area contributed by atoms with Crippen molar-refractivity contribution in [3.05, 3.63) is 94.5 Å². The zero-order chi connectivity index (χ0) is 27.9. The molecule has 3 aromatic carbocycles. The molecule has 0 aliphatic heterocycles. The van der Waals surface area contributed by atoms with Crippen molar-refractivity contribution in [2.45, 2.75) is 45.2 Å². The van der Waals surface area contributed by atoms with Gasteiger partial charge in [-0.3, -0.25) is 13.9 Å². The third-order valence-corrected chi connectivity index (χ3v) is 8.50. The number of anilines is 1. The number of hydrogen-bond donors (Lipinski definition) is 1. The van der Waals surface area contributed by atoms with Crippen molar-refractivity contribution in [2.75, 3.05) is 17.4 Å². The molecule has 0 fully saturated rings. The molecule has 1 unspecified atom stereocenters. The molecule has 3 aromatic rings. The maximum atomic E-state index is 13.9. The fraction of sp³-hybridized carbons (Fsp3) is 0.310. The number of sulfonamides is 1. The summed E-state index contributed by atoms with van der Waals surface area (Å²) in [5.74, 6) is -0.528. The monoisotopic (exact) mass is 599 g/mol. The van der Waals surface area contributed by atoms with Crippen molar-refractivity contribution in [1.29, 1.82) is 0 Å². The second-order valence-electron chi connectivity index (χ2n) is 9.56. The molecule has 0 heterocycles. The van der Waals surface area contributed by atoms with Crippen LogP contribution in [0.15, 0.2) is 88.2 Å².